The van der Waals surface area contributed by atoms with E-state index in [1.807, 2.05) is 6.07 Å². The molecule has 7 heteroatoms. The van der Waals surface area contributed by atoms with E-state index in [0.717, 1.165) is 19.3 Å². The van der Waals surface area contributed by atoms with E-state index < -0.39 is 11.9 Å². The number of rotatable bonds is 4. The standard InChI is InChI=1S/C17H17ClN2O3S/c1-10-2-4-13-11(6-10)7-14(24-13)17(22)23-9-16(21)20-15-5-3-12(18)8-19-15/h3,5,7-8,10H,2,4,6,9H2,1H3,(H,19,20,21). The van der Waals surface area contributed by atoms with Gasteiger partial charge in [-0.1, -0.05) is 18.5 Å². The Morgan fingerprint density at radius 3 is 3.04 bits per heavy atom. The molecule has 0 bridgehead atoms. The van der Waals surface area contributed by atoms with E-state index in [4.69, 9.17) is 16.3 Å². The minimum absolute atomic E-state index is 0.345. The van der Waals surface area contributed by atoms with E-state index >= 15 is 0 Å². The molecule has 2 aromatic rings. The Kier molecular flexibility index (Phi) is 5.16. The quantitative estimate of drug-likeness (QED) is 0.839. The first kappa shape index (κ1) is 16.9. The maximum Gasteiger partial charge on any atom is 0.348 e. The Hall–Kier alpha value is -1.92. The number of fused-ring (bicyclic) bond motifs is 1. The maximum atomic E-state index is 12.1. The molecule has 1 amide bonds. The summed E-state index contributed by atoms with van der Waals surface area (Å²) in [6.45, 7) is 1.87. The van der Waals surface area contributed by atoms with Crippen LogP contribution >= 0.6 is 22.9 Å². The summed E-state index contributed by atoms with van der Waals surface area (Å²) in [5.41, 5.74) is 1.24. The molecule has 0 saturated carbocycles. The molecule has 0 saturated heterocycles. The number of nitrogens with one attached hydrogen (secondary N) is 1. The van der Waals surface area contributed by atoms with Crippen molar-refractivity contribution in [1.82, 2.24) is 4.98 Å². The zero-order valence-electron chi connectivity index (χ0n) is 13.2. The molecule has 0 spiro atoms. The molecular weight excluding hydrogens is 348 g/mol. The largest absolute Gasteiger partial charge is 0.451 e. The van der Waals surface area contributed by atoms with Gasteiger partial charge in [-0.05, 0) is 48.9 Å². The molecule has 2 aromatic heterocycles. The van der Waals surface area contributed by atoms with Gasteiger partial charge < -0.3 is 10.1 Å². The molecule has 2 heterocycles. The number of aryl methyl sites for hydroxylation is 1. The Morgan fingerprint density at radius 1 is 1.46 bits per heavy atom. The van der Waals surface area contributed by atoms with Crippen LogP contribution in [0.2, 0.25) is 5.02 Å². The SMILES string of the molecule is CC1CCc2sc(C(=O)OCC(=O)Nc3ccc(Cl)cn3)cc2C1. The highest BCUT2D eigenvalue weighted by molar-refractivity contribution is 7.14. The molecule has 1 N–H and O–H groups in total. The number of ether oxygens (including phenoxy) is 1. The van der Waals surface area contributed by atoms with Crippen LogP contribution in [0.5, 0.6) is 0 Å². The third-order valence-corrected chi connectivity index (χ3v) is 5.30. The van der Waals surface area contributed by atoms with Crippen molar-refractivity contribution in [3.8, 4) is 0 Å². The Balaban J connectivity index is 1.53. The molecule has 5 nitrogen and oxygen atoms in total. The van der Waals surface area contributed by atoms with Crippen molar-refractivity contribution >= 4 is 40.6 Å². The first-order chi connectivity index (χ1) is 11.5. The second kappa shape index (κ2) is 7.32. The predicted molar refractivity (Wildman–Crippen MR) is 93.7 cm³/mol. The summed E-state index contributed by atoms with van der Waals surface area (Å²) < 4.78 is 5.10. The number of hydrogen-bond acceptors (Lipinski definition) is 5. The minimum atomic E-state index is -0.457. The van der Waals surface area contributed by atoms with Crippen LogP contribution in [-0.4, -0.2) is 23.5 Å². The summed E-state index contributed by atoms with van der Waals surface area (Å²) >= 11 is 7.20. The summed E-state index contributed by atoms with van der Waals surface area (Å²) in [6.07, 6.45) is 4.60. The number of amides is 1. The first-order valence-electron chi connectivity index (χ1n) is 7.71. The normalized spacial score (nSPS) is 16.3. The average molecular weight is 365 g/mol. The van der Waals surface area contributed by atoms with Crippen LogP contribution in [0.4, 0.5) is 5.82 Å². The van der Waals surface area contributed by atoms with Gasteiger partial charge in [0.15, 0.2) is 6.61 Å². The van der Waals surface area contributed by atoms with Crippen molar-refractivity contribution in [1.29, 1.82) is 0 Å². The molecular formula is C17H17ClN2O3S. The van der Waals surface area contributed by atoms with Crippen LogP contribution in [0, 0.1) is 5.92 Å². The predicted octanol–water partition coefficient (Wildman–Crippen LogP) is 3.72. The number of halogens is 1. The molecule has 0 fully saturated rings. The van der Waals surface area contributed by atoms with Gasteiger partial charge in [0.2, 0.25) is 0 Å². The number of carbonyl (C=O) groups is 2. The Bertz CT molecular complexity index is 758. The maximum absolute atomic E-state index is 12.1. The van der Waals surface area contributed by atoms with Crippen molar-refractivity contribution in [2.45, 2.75) is 26.2 Å². The van der Waals surface area contributed by atoms with Crippen LogP contribution in [-0.2, 0) is 22.4 Å². The molecule has 3 rings (SSSR count). The molecule has 1 aliphatic rings. The van der Waals surface area contributed by atoms with E-state index in [2.05, 4.69) is 17.2 Å². The van der Waals surface area contributed by atoms with Crippen molar-refractivity contribution in [2.24, 2.45) is 5.92 Å². The third kappa shape index (κ3) is 4.13. The lowest BCUT2D eigenvalue weighted by Gasteiger charge is -2.16. The summed E-state index contributed by atoms with van der Waals surface area (Å²) in [6, 6.07) is 5.10. The highest BCUT2D eigenvalue weighted by Gasteiger charge is 2.21. The molecule has 0 aliphatic heterocycles. The minimum Gasteiger partial charge on any atom is -0.451 e. The Labute approximate surface area is 149 Å². The fraction of sp³-hybridized carbons (Fsp3) is 0.353. The number of hydrogen-bond donors (Lipinski definition) is 1. The summed E-state index contributed by atoms with van der Waals surface area (Å²) in [5, 5.41) is 3.03. The highest BCUT2D eigenvalue weighted by atomic mass is 35.5. The molecule has 1 aliphatic carbocycles. The van der Waals surface area contributed by atoms with Crippen LogP contribution in [0.3, 0.4) is 0 Å². The average Bonchev–Trinajstić information content (AvgIpc) is 2.98. The van der Waals surface area contributed by atoms with Gasteiger partial charge >= 0.3 is 5.97 Å². The fourth-order valence-corrected chi connectivity index (χ4v) is 3.85. The first-order valence-corrected chi connectivity index (χ1v) is 8.91. The molecule has 126 valence electrons. The number of nitrogens with zero attached hydrogens (tertiary/aromatic N) is 1. The molecule has 1 atom stereocenters. The molecule has 24 heavy (non-hydrogen) atoms. The van der Waals surface area contributed by atoms with Crippen molar-refractivity contribution in [3.63, 3.8) is 0 Å². The van der Waals surface area contributed by atoms with Gasteiger partial charge in [-0.25, -0.2) is 9.78 Å². The zero-order chi connectivity index (χ0) is 17.1. The molecule has 0 radical (unpaired) electrons. The smallest absolute Gasteiger partial charge is 0.348 e. The van der Waals surface area contributed by atoms with Gasteiger partial charge in [0.05, 0.1) is 5.02 Å². The number of esters is 1. The molecule has 0 aromatic carbocycles. The number of anilines is 1. The molecule has 1 unspecified atom stereocenters. The number of pyridine rings is 1. The highest BCUT2D eigenvalue weighted by Crippen LogP contribution is 2.32. The lowest BCUT2D eigenvalue weighted by Crippen LogP contribution is -2.21. The van der Waals surface area contributed by atoms with Gasteiger partial charge in [0.1, 0.15) is 10.7 Å². The van der Waals surface area contributed by atoms with Gasteiger partial charge in [0, 0.05) is 11.1 Å². The van der Waals surface area contributed by atoms with Gasteiger partial charge in [-0.15, -0.1) is 11.3 Å². The lowest BCUT2D eigenvalue weighted by molar-refractivity contribution is -0.119. The second-order valence-electron chi connectivity index (χ2n) is 5.89. The second-order valence-corrected chi connectivity index (χ2v) is 7.47. The zero-order valence-corrected chi connectivity index (χ0v) is 14.7. The van der Waals surface area contributed by atoms with Gasteiger partial charge in [0.25, 0.3) is 5.91 Å². The van der Waals surface area contributed by atoms with E-state index in [-0.39, 0.29) is 6.61 Å². The number of thiophene rings is 1. The van der Waals surface area contributed by atoms with E-state index in [1.54, 1.807) is 12.1 Å². The van der Waals surface area contributed by atoms with Crippen molar-refractivity contribution < 1.29 is 14.3 Å². The summed E-state index contributed by atoms with van der Waals surface area (Å²) in [4.78, 5) is 29.7. The van der Waals surface area contributed by atoms with Crippen LogP contribution in [0.25, 0.3) is 0 Å². The van der Waals surface area contributed by atoms with Crippen molar-refractivity contribution in [2.75, 3.05) is 11.9 Å². The van der Waals surface area contributed by atoms with Crippen LogP contribution in [0.1, 0.15) is 33.5 Å². The monoisotopic (exact) mass is 364 g/mol. The van der Waals surface area contributed by atoms with Crippen LogP contribution < -0.4 is 5.32 Å². The van der Waals surface area contributed by atoms with Crippen molar-refractivity contribution in [3.05, 3.63) is 44.7 Å². The van der Waals surface area contributed by atoms with E-state index in [0.29, 0.717) is 21.6 Å². The number of aromatic nitrogens is 1. The van der Waals surface area contributed by atoms with Gasteiger partial charge in [-0.2, -0.15) is 0 Å². The summed E-state index contributed by atoms with van der Waals surface area (Å²) in [7, 11) is 0. The van der Waals surface area contributed by atoms with Crippen LogP contribution in [0.15, 0.2) is 24.4 Å². The van der Waals surface area contributed by atoms with Gasteiger partial charge in [-0.3, -0.25) is 4.79 Å². The Morgan fingerprint density at radius 2 is 2.29 bits per heavy atom. The van der Waals surface area contributed by atoms with E-state index in [1.165, 1.54) is 28.0 Å². The topological polar surface area (TPSA) is 68.3 Å². The van der Waals surface area contributed by atoms with E-state index in [9.17, 15) is 9.59 Å². The fourth-order valence-electron chi connectivity index (χ4n) is 2.64. The third-order valence-electron chi connectivity index (χ3n) is 3.86. The number of carbonyl (C=O) groups excluding carboxylic acids is 2. The summed E-state index contributed by atoms with van der Waals surface area (Å²) in [5.74, 6) is 0.115. The lowest BCUT2D eigenvalue weighted by atomic mass is 9.90.